The summed E-state index contributed by atoms with van der Waals surface area (Å²) in [6.07, 6.45) is 0. The van der Waals surface area contributed by atoms with Crippen molar-refractivity contribution in [3.63, 3.8) is 0 Å². The van der Waals surface area contributed by atoms with Crippen molar-refractivity contribution in [1.82, 2.24) is 9.44 Å². The lowest BCUT2D eigenvalue weighted by Crippen LogP contribution is -2.42. The molecule has 1 aromatic carbocycles. The first kappa shape index (κ1) is 20.4. The summed E-state index contributed by atoms with van der Waals surface area (Å²) in [5.41, 5.74) is 0.717. The van der Waals surface area contributed by atoms with Crippen LogP contribution < -0.4 is 19.5 Å². The number of carbonyl (C=O) groups is 1. The quantitative estimate of drug-likeness (QED) is 0.488. The molecule has 1 rings (SSSR count). The summed E-state index contributed by atoms with van der Waals surface area (Å²) in [6.45, 7) is 4.37. The van der Waals surface area contributed by atoms with E-state index < -0.39 is 26.0 Å². The van der Waals surface area contributed by atoms with Crippen LogP contribution in [0.15, 0.2) is 24.3 Å². The second kappa shape index (κ2) is 8.42. The van der Waals surface area contributed by atoms with Crippen molar-refractivity contribution in [1.29, 1.82) is 0 Å². The molecule has 0 aliphatic carbocycles. The average molecular weight is 378 g/mol. The Bertz CT molecular complexity index is 775. The monoisotopic (exact) mass is 378 g/mol. The zero-order chi connectivity index (χ0) is 18.4. The van der Waals surface area contributed by atoms with Crippen molar-refractivity contribution < 1.29 is 21.6 Å². The first-order valence-corrected chi connectivity index (χ1v) is 10.3. The fraction of sp³-hybridized carbons (Fsp3) is 0.462. The molecule has 4 N–H and O–H groups in total. The van der Waals surface area contributed by atoms with E-state index >= 15 is 0 Å². The molecule has 0 bridgehead atoms. The van der Waals surface area contributed by atoms with Gasteiger partial charge in [0.05, 0.1) is 11.4 Å². The first-order chi connectivity index (χ1) is 11.0. The number of carbonyl (C=O) groups excluding carboxylic acids is 1. The van der Waals surface area contributed by atoms with Gasteiger partial charge in [-0.25, -0.2) is 13.1 Å². The van der Waals surface area contributed by atoms with Gasteiger partial charge in [-0.1, -0.05) is 6.07 Å². The largest absolute Gasteiger partial charge is 0.326 e. The third-order valence-corrected chi connectivity index (χ3v) is 5.16. The third-order valence-electron chi connectivity index (χ3n) is 2.51. The predicted octanol–water partition coefficient (Wildman–Crippen LogP) is 0.219. The number of hydrogen-bond donors (Lipinski definition) is 4. The molecule has 0 aromatic heterocycles. The molecule has 1 amide bonds. The Morgan fingerprint density at radius 2 is 1.75 bits per heavy atom. The van der Waals surface area contributed by atoms with Crippen LogP contribution in [0, 0.1) is 0 Å². The number of sulfonamides is 1. The summed E-state index contributed by atoms with van der Waals surface area (Å²) in [7, 11) is -7.48. The number of amides is 1. The molecule has 0 aliphatic heterocycles. The minimum absolute atomic E-state index is 0.268. The summed E-state index contributed by atoms with van der Waals surface area (Å²) in [6, 6.07) is 5.88. The lowest BCUT2D eigenvalue weighted by molar-refractivity contribution is -0.114. The molecule has 0 saturated carbocycles. The molecule has 0 radical (unpaired) electrons. The van der Waals surface area contributed by atoms with Gasteiger partial charge in [0.2, 0.25) is 15.9 Å². The smallest absolute Gasteiger partial charge is 0.277 e. The van der Waals surface area contributed by atoms with Crippen molar-refractivity contribution in [3.8, 4) is 0 Å². The highest BCUT2D eigenvalue weighted by Crippen LogP contribution is 2.16. The van der Waals surface area contributed by atoms with Crippen LogP contribution in [0.5, 0.6) is 0 Å². The summed E-state index contributed by atoms with van der Waals surface area (Å²) < 4.78 is 53.9. The van der Waals surface area contributed by atoms with E-state index in [1.165, 1.54) is 19.1 Å². The summed E-state index contributed by atoms with van der Waals surface area (Å²) in [5, 5.41) is 2.54. The number of benzene rings is 1. The molecule has 0 aliphatic rings. The normalized spacial score (nSPS) is 12.2. The fourth-order valence-electron chi connectivity index (χ4n) is 1.76. The van der Waals surface area contributed by atoms with Crippen LogP contribution in [0.2, 0.25) is 0 Å². The molecule has 0 unspecified atom stereocenters. The molecule has 0 spiro atoms. The maximum atomic E-state index is 12.0. The first-order valence-electron chi connectivity index (χ1n) is 7.14. The van der Waals surface area contributed by atoms with Crippen LogP contribution in [0.25, 0.3) is 0 Å². The number of nitrogens with one attached hydrogen (secondary N) is 4. The van der Waals surface area contributed by atoms with Gasteiger partial charge < -0.3 is 5.32 Å². The standard InChI is InChI=1S/C13H22N4O5S2/c1-10(2)16-24(21,22)14-7-8-23(19,20)17-13-6-4-5-12(9-13)15-11(3)18/h4-6,9-10,14,16-17H,7-8H2,1-3H3,(H,15,18). The molecular weight excluding hydrogens is 356 g/mol. The predicted molar refractivity (Wildman–Crippen MR) is 93.3 cm³/mol. The van der Waals surface area contributed by atoms with Gasteiger partial charge in [0.1, 0.15) is 0 Å². The molecular formula is C13H22N4O5S2. The van der Waals surface area contributed by atoms with Crippen LogP contribution >= 0.6 is 0 Å². The van der Waals surface area contributed by atoms with Gasteiger partial charge in [0.15, 0.2) is 0 Å². The molecule has 11 heteroatoms. The molecule has 0 heterocycles. The minimum atomic E-state index is -3.75. The maximum Gasteiger partial charge on any atom is 0.277 e. The zero-order valence-electron chi connectivity index (χ0n) is 13.7. The lowest BCUT2D eigenvalue weighted by Gasteiger charge is -2.12. The Morgan fingerprint density at radius 1 is 1.12 bits per heavy atom. The van der Waals surface area contributed by atoms with E-state index in [1.54, 1.807) is 26.0 Å². The van der Waals surface area contributed by atoms with Crippen LogP contribution in [0.4, 0.5) is 11.4 Å². The average Bonchev–Trinajstić information content (AvgIpc) is 2.34. The third kappa shape index (κ3) is 8.24. The number of hydrogen-bond acceptors (Lipinski definition) is 5. The Morgan fingerprint density at radius 3 is 2.33 bits per heavy atom. The van der Waals surface area contributed by atoms with Gasteiger partial charge >= 0.3 is 0 Å². The highest BCUT2D eigenvalue weighted by Gasteiger charge is 2.15. The summed E-state index contributed by atoms with van der Waals surface area (Å²) in [5.74, 6) is -0.710. The van der Waals surface area contributed by atoms with Gasteiger partial charge in [0.25, 0.3) is 10.2 Å². The maximum absolute atomic E-state index is 12.0. The molecule has 1 aromatic rings. The van der Waals surface area contributed by atoms with Crippen molar-refractivity contribution in [3.05, 3.63) is 24.3 Å². The highest BCUT2D eigenvalue weighted by molar-refractivity contribution is 7.92. The van der Waals surface area contributed by atoms with E-state index in [0.717, 1.165) is 0 Å². The van der Waals surface area contributed by atoms with E-state index in [0.29, 0.717) is 5.69 Å². The highest BCUT2D eigenvalue weighted by atomic mass is 32.2. The van der Waals surface area contributed by atoms with E-state index in [-0.39, 0.29) is 24.2 Å². The van der Waals surface area contributed by atoms with Gasteiger partial charge in [-0.05, 0) is 32.0 Å². The molecule has 0 saturated heterocycles. The fourth-order valence-corrected chi connectivity index (χ4v) is 3.92. The van der Waals surface area contributed by atoms with Crippen molar-refractivity contribution in [2.45, 2.75) is 26.8 Å². The summed E-state index contributed by atoms with van der Waals surface area (Å²) in [4.78, 5) is 11.0. The van der Waals surface area contributed by atoms with E-state index in [1.807, 2.05) is 0 Å². The SMILES string of the molecule is CC(=O)Nc1cccc(NS(=O)(=O)CCNS(=O)(=O)NC(C)C)c1. The Kier molecular flexibility index (Phi) is 7.14. The molecule has 9 nitrogen and oxygen atoms in total. The molecule has 24 heavy (non-hydrogen) atoms. The second-order valence-electron chi connectivity index (χ2n) is 5.35. The number of rotatable bonds is 9. The topological polar surface area (TPSA) is 133 Å². The van der Waals surface area contributed by atoms with Gasteiger partial charge in [0, 0.05) is 25.2 Å². The molecule has 136 valence electrons. The van der Waals surface area contributed by atoms with Crippen LogP contribution in [-0.2, 0) is 25.0 Å². The molecule has 0 atom stereocenters. The molecule has 0 fully saturated rings. The van der Waals surface area contributed by atoms with Crippen LogP contribution in [0.3, 0.4) is 0 Å². The summed E-state index contributed by atoms with van der Waals surface area (Å²) >= 11 is 0. The second-order valence-corrected chi connectivity index (χ2v) is 8.73. The van der Waals surface area contributed by atoms with E-state index in [2.05, 4.69) is 19.5 Å². The minimum Gasteiger partial charge on any atom is -0.326 e. The lowest BCUT2D eigenvalue weighted by atomic mass is 10.3. The van der Waals surface area contributed by atoms with Crippen LogP contribution in [0.1, 0.15) is 20.8 Å². The van der Waals surface area contributed by atoms with Crippen molar-refractivity contribution >= 4 is 37.5 Å². The van der Waals surface area contributed by atoms with Gasteiger partial charge in [-0.2, -0.15) is 13.1 Å². The van der Waals surface area contributed by atoms with Crippen molar-refractivity contribution in [2.24, 2.45) is 0 Å². The Labute approximate surface area is 142 Å². The van der Waals surface area contributed by atoms with E-state index in [4.69, 9.17) is 0 Å². The van der Waals surface area contributed by atoms with Crippen LogP contribution in [-0.4, -0.2) is 41.1 Å². The van der Waals surface area contributed by atoms with Gasteiger partial charge in [-0.3, -0.25) is 9.52 Å². The number of anilines is 2. The van der Waals surface area contributed by atoms with Crippen molar-refractivity contribution in [2.75, 3.05) is 22.3 Å². The van der Waals surface area contributed by atoms with E-state index in [9.17, 15) is 21.6 Å². The zero-order valence-corrected chi connectivity index (χ0v) is 15.3. The van der Waals surface area contributed by atoms with Gasteiger partial charge in [-0.15, -0.1) is 0 Å². The Hall–Kier alpha value is -1.69. The Balaban J connectivity index is 2.62.